The first-order valence-corrected chi connectivity index (χ1v) is 11.5. The molecule has 3 aromatic rings. The number of carbonyl (C=O) groups is 2. The van der Waals surface area contributed by atoms with Crippen molar-refractivity contribution >= 4 is 39.7 Å². The number of amides is 1. The second-order valence-corrected chi connectivity index (χ2v) is 11.1. The van der Waals surface area contributed by atoms with Crippen molar-refractivity contribution in [1.29, 1.82) is 0 Å². The Morgan fingerprint density at radius 2 is 1.57 bits per heavy atom. The number of nitrogens with one attached hydrogen (secondary N) is 1. The number of nitrogen functional groups attached to an aromatic ring is 1. The SMILES string of the molecule is CN(C)c1c(F)c(C(=O)C(C)(C)C)c2c(=O)c(N)c(-c3ccc(NC(=O)C(C)(C)C)c(F)c3)oc2c1F. The van der Waals surface area contributed by atoms with Gasteiger partial charge < -0.3 is 20.4 Å². The maximum Gasteiger partial charge on any atom is 0.229 e. The Balaban J connectivity index is 2.34. The first kappa shape index (κ1) is 27.8. The van der Waals surface area contributed by atoms with Crippen LogP contribution in [0.4, 0.5) is 30.2 Å². The second kappa shape index (κ2) is 9.24. The lowest BCUT2D eigenvalue weighted by Gasteiger charge is -2.23. The highest BCUT2D eigenvalue weighted by atomic mass is 19.1. The summed E-state index contributed by atoms with van der Waals surface area (Å²) >= 11 is 0. The third-order valence-electron chi connectivity index (χ3n) is 5.75. The molecule has 7 nitrogen and oxygen atoms in total. The molecule has 0 atom stereocenters. The molecular weight excluding hydrogens is 487 g/mol. The molecule has 198 valence electrons. The fourth-order valence-corrected chi connectivity index (χ4v) is 3.63. The van der Waals surface area contributed by atoms with Crippen LogP contribution in [0, 0.1) is 28.3 Å². The van der Waals surface area contributed by atoms with Crippen LogP contribution in [0.2, 0.25) is 0 Å². The van der Waals surface area contributed by atoms with E-state index in [2.05, 4.69) is 5.32 Å². The fraction of sp³-hybridized carbons (Fsp3) is 0.370. The molecule has 10 heteroatoms. The number of benzene rings is 2. The molecule has 0 saturated heterocycles. The summed E-state index contributed by atoms with van der Waals surface area (Å²) in [6.45, 7) is 9.58. The van der Waals surface area contributed by atoms with E-state index in [1.165, 1.54) is 47.0 Å². The smallest absolute Gasteiger partial charge is 0.229 e. The first-order chi connectivity index (χ1) is 16.9. The van der Waals surface area contributed by atoms with E-state index in [4.69, 9.17) is 10.2 Å². The Hall–Kier alpha value is -3.82. The molecule has 1 aromatic heterocycles. The van der Waals surface area contributed by atoms with Crippen molar-refractivity contribution in [3.8, 4) is 11.3 Å². The van der Waals surface area contributed by atoms with Crippen LogP contribution in [0.5, 0.6) is 0 Å². The number of fused-ring (bicyclic) bond motifs is 1. The van der Waals surface area contributed by atoms with Gasteiger partial charge in [-0.3, -0.25) is 14.4 Å². The molecule has 3 N–H and O–H groups in total. The number of carbonyl (C=O) groups excluding carboxylic acids is 2. The molecule has 0 unspecified atom stereocenters. The van der Waals surface area contributed by atoms with Crippen molar-refractivity contribution in [2.75, 3.05) is 30.0 Å². The highest BCUT2D eigenvalue weighted by molar-refractivity contribution is 6.11. The van der Waals surface area contributed by atoms with Gasteiger partial charge >= 0.3 is 0 Å². The van der Waals surface area contributed by atoms with E-state index in [-0.39, 0.29) is 17.0 Å². The largest absolute Gasteiger partial charge is 0.450 e. The van der Waals surface area contributed by atoms with Crippen LogP contribution in [0.3, 0.4) is 0 Å². The number of rotatable bonds is 4. The predicted molar refractivity (Wildman–Crippen MR) is 138 cm³/mol. The van der Waals surface area contributed by atoms with Gasteiger partial charge in [0.15, 0.2) is 28.8 Å². The van der Waals surface area contributed by atoms with Gasteiger partial charge in [0, 0.05) is 30.5 Å². The van der Waals surface area contributed by atoms with Gasteiger partial charge in [0.2, 0.25) is 11.3 Å². The van der Waals surface area contributed by atoms with Crippen LogP contribution >= 0.6 is 0 Å². The van der Waals surface area contributed by atoms with Crippen molar-refractivity contribution in [3.63, 3.8) is 0 Å². The Kier molecular flexibility index (Phi) is 6.93. The van der Waals surface area contributed by atoms with Gasteiger partial charge in [0.05, 0.1) is 16.6 Å². The van der Waals surface area contributed by atoms with E-state index in [1.54, 1.807) is 20.8 Å². The Labute approximate surface area is 212 Å². The van der Waals surface area contributed by atoms with Crippen LogP contribution < -0.4 is 21.4 Å². The van der Waals surface area contributed by atoms with E-state index in [1.807, 2.05) is 0 Å². The number of halogens is 3. The number of nitrogens with zero attached hydrogens (tertiary/aromatic N) is 1. The number of nitrogens with two attached hydrogens (primary N) is 1. The molecule has 3 rings (SSSR count). The quantitative estimate of drug-likeness (QED) is 0.428. The molecule has 1 amide bonds. The molecule has 0 saturated carbocycles. The highest BCUT2D eigenvalue weighted by Gasteiger charge is 2.35. The topological polar surface area (TPSA) is 106 Å². The molecule has 0 spiro atoms. The lowest BCUT2D eigenvalue weighted by atomic mass is 9.84. The van der Waals surface area contributed by atoms with E-state index in [0.717, 1.165) is 11.0 Å². The number of hydrogen-bond acceptors (Lipinski definition) is 6. The Morgan fingerprint density at radius 1 is 0.973 bits per heavy atom. The third kappa shape index (κ3) is 4.92. The first-order valence-electron chi connectivity index (χ1n) is 11.5. The van der Waals surface area contributed by atoms with Gasteiger partial charge in [-0.1, -0.05) is 41.5 Å². The predicted octanol–water partition coefficient (Wildman–Crippen LogP) is 5.74. The molecule has 0 aliphatic rings. The zero-order valence-corrected chi connectivity index (χ0v) is 22.0. The summed E-state index contributed by atoms with van der Waals surface area (Å²) in [7, 11) is 2.74. The van der Waals surface area contributed by atoms with Gasteiger partial charge in [0.1, 0.15) is 17.2 Å². The van der Waals surface area contributed by atoms with E-state index >= 15 is 8.78 Å². The van der Waals surface area contributed by atoms with Gasteiger partial charge in [-0.15, -0.1) is 0 Å². The molecule has 0 aliphatic heterocycles. The van der Waals surface area contributed by atoms with Gasteiger partial charge in [0.25, 0.3) is 0 Å². The molecular formula is C27H30F3N3O4. The number of hydrogen-bond donors (Lipinski definition) is 2. The lowest BCUT2D eigenvalue weighted by Crippen LogP contribution is -2.28. The van der Waals surface area contributed by atoms with E-state index in [0.29, 0.717) is 0 Å². The second-order valence-electron chi connectivity index (χ2n) is 11.1. The molecule has 0 radical (unpaired) electrons. The zero-order chi connectivity index (χ0) is 28.2. The maximum absolute atomic E-state index is 15.5. The minimum absolute atomic E-state index is 0.0263. The number of Topliss-reactive ketones (excluding diaryl/α,β-unsaturated/α-hetero) is 1. The van der Waals surface area contributed by atoms with E-state index in [9.17, 15) is 18.8 Å². The molecule has 0 bridgehead atoms. The summed E-state index contributed by atoms with van der Waals surface area (Å²) in [6, 6.07) is 3.55. The number of anilines is 3. The van der Waals surface area contributed by atoms with Crippen LogP contribution in [-0.2, 0) is 4.79 Å². The molecule has 0 fully saturated rings. The molecule has 1 heterocycles. The van der Waals surface area contributed by atoms with Gasteiger partial charge in [-0.05, 0) is 18.2 Å². The Morgan fingerprint density at radius 3 is 2.05 bits per heavy atom. The lowest BCUT2D eigenvalue weighted by molar-refractivity contribution is -0.123. The minimum Gasteiger partial charge on any atom is -0.450 e. The highest BCUT2D eigenvalue weighted by Crippen LogP contribution is 2.39. The third-order valence-corrected chi connectivity index (χ3v) is 5.75. The van der Waals surface area contributed by atoms with Gasteiger partial charge in [-0.2, -0.15) is 0 Å². The Bertz CT molecular complexity index is 1500. The average molecular weight is 518 g/mol. The summed E-state index contributed by atoms with van der Waals surface area (Å²) in [5, 5.41) is 1.84. The zero-order valence-electron chi connectivity index (χ0n) is 22.0. The monoisotopic (exact) mass is 517 g/mol. The van der Waals surface area contributed by atoms with Crippen LogP contribution in [0.1, 0.15) is 51.9 Å². The van der Waals surface area contributed by atoms with Crippen molar-refractivity contribution in [2.45, 2.75) is 41.5 Å². The van der Waals surface area contributed by atoms with E-state index < -0.39 is 73.3 Å². The molecule has 0 aliphatic carbocycles. The average Bonchev–Trinajstić information content (AvgIpc) is 2.76. The molecule has 37 heavy (non-hydrogen) atoms. The maximum atomic E-state index is 15.5. The summed E-state index contributed by atoms with van der Waals surface area (Å²) < 4.78 is 51.6. The van der Waals surface area contributed by atoms with Crippen LogP contribution in [0.25, 0.3) is 22.3 Å². The normalized spacial score (nSPS) is 12.1. The van der Waals surface area contributed by atoms with Crippen molar-refractivity contribution in [3.05, 3.63) is 51.4 Å². The minimum atomic E-state index is -1.21. The molecule has 2 aromatic carbocycles. The van der Waals surface area contributed by atoms with Crippen molar-refractivity contribution < 1.29 is 27.2 Å². The fourth-order valence-electron chi connectivity index (χ4n) is 3.63. The van der Waals surface area contributed by atoms with Crippen molar-refractivity contribution in [2.24, 2.45) is 10.8 Å². The summed E-state index contributed by atoms with van der Waals surface area (Å²) in [6.07, 6.45) is 0. The summed E-state index contributed by atoms with van der Waals surface area (Å²) in [5.74, 6) is -4.81. The number of ketones is 1. The standard InChI is InChI=1S/C27H30F3N3O4/c1-26(2,3)24(35)15-16-21(34)19(31)22(37-23(16)18(30)20(17(15)29)33(7)8)12-9-10-14(13(28)11-12)32-25(36)27(4,5)6/h9-11H,31H2,1-8H3,(H,32,36). The summed E-state index contributed by atoms with van der Waals surface area (Å²) in [4.78, 5) is 39.8. The van der Waals surface area contributed by atoms with Crippen LogP contribution in [-0.4, -0.2) is 25.8 Å². The van der Waals surface area contributed by atoms with Crippen LogP contribution in [0.15, 0.2) is 27.4 Å². The van der Waals surface area contributed by atoms with Crippen molar-refractivity contribution in [1.82, 2.24) is 0 Å². The van der Waals surface area contributed by atoms with Gasteiger partial charge in [-0.25, -0.2) is 13.2 Å². The summed E-state index contributed by atoms with van der Waals surface area (Å²) in [5.41, 5.74) is 0.493.